The van der Waals surface area contributed by atoms with Crippen molar-refractivity contribution in [3.05, 3.63) is 95.2 Å². The molecule has 0 spiro atoms. The summed E-state index contributed by atoms with van der Waals surface area (Å²) in [5, 5.41) is 13.1. The van der Waals surface area contributed by atoms with Crippen molar-refractivity contribution < 1.29 is 65.6 Å². The highest BCUT2D eigenvalue weighted by Crippen LogP contribution is 2.39. The summed E-state index contributed by atoms with van der Waals surface area (Å²) in [6.07, 6.45) is -3.96. The Morgan fingerprint density at radius 1 is 0.803 bits per heavy atom. The number of carbonyl (C=O) groups excluding carboxylic acids is 6. The van der Waals surface area contributed by atoms with Gasteiger partial charge in [0.25, 0.3) is 23.6 Å². The van der Waals surface area contributed by atoms with Crippen molar-refractivity contribution in [3.63, 3.8) is 0 Å². The molecule has 0 aliphatic carbocycles. The van der Waals surface area contributed by atoms with Crippen molar-refractivity contribution in [1.29, 1.82) is 0 Å². The number of hydrogen-bond donors (Lipinski definition) is 5. The lowest BCUT2D eigenvalue weighted by atomic mass is 10.0. The van der Waals surface area contributed by atoms with E-state index < -0.39 is 59.8 Å². The summed E-state index contributed by atoms with van der Waals surface area (Å²) < 4.78 is 70.3. The van der Waals surface area contributed by atoms with Crippen molar-refractivity contribution in [3.8, 4) is 11.5 Å². The number of piperidine rings is 1. The largest absolute Gasteiger partial charge is 0.494 e. The number of halogens is 3. The van der Waals surface area contributed by atoms with E-state index in [4.69, 9.17) is 23.7 Å². The van der Waals surface area contributed by atoms with Crippen LogP contribution in [0.25, 0.3) is 0 Å². The molecule has 378 valence electrons. The van der Waals surface area contributed by atoms with Crippen molar-refractivity contribution in [2.24, 2.45) is 0 Å². The first-order valence-electron chi connectivity index (χ1n) is 22.8. The number of ether oxygens (including phenoxy) is 5. The van der Waals surface area contributed by atoms with Crippen molar-refractivity contribution in [1.82, 2.24) is 30.7 Å². The molecule has 6 amide bonds. The SMILES string of the molecule is CNC(=O)c1ccccc1Nc1cc(Nc2ccc(N3CCN(CCOCCOCCOCCNC(=O)COc4cccc5c4C(=O)N(C4CCC(=O)NC4=O)C5=O)CC3)cc2OC)ncc1C(F)(F)F. The Hall–Kier alpha value is -7.34. The smallest absolute Gasteiger partial charge is 0.419 e. The molecule has 2 fully saturated rings. The monoisotopic (exact) mass is 989 g/mol. The molecule has 0 saturated carbocycles. The number of imide groups is 2. The quantitative estimate of drug-likeness (QED) is 0.0527. The first-order chi connectivity index (χ1) is 34.2. The second kappa shape index (κ2) is 24.0. The Labute approximate surface area is 406 Å². The number of hydrogen-bond acceptors (Lipinski definition) is 16. The second-order valence-electron chi connectivity index (χ2n) is 16.3. The number of benzene rings is 3. The van der Waals surface area contributed by atoms with Gasteiger partial charge in [0, 0.05) is 76.8 Å². The van der Waals surface area contributed by atoms with Crippen LogP contribution in [0.3, 0.4) is 0 Å². The van der Waals surface area contributed by atoms with Crippen LogP contribution in [0.4, 0.5) is 41.7 Å². The van der Waals surface area contributed by atoms with Gasteiger partial charge < -0.3 is 49.9 Å². The minimum atomic E-state index is -4.71. The fraction of sp³-hybridized carbons (Fsp3) is 0.396. The van der Waals surface area contributed by atoms with Crippen LogP contribution in [0, 0.1) is 0 Å². The van der Waals surface area contributed by atoms with Crippen molar-refractivity contribution >= 4 is 64.0 Å². The first kappa shape index (κ1) is 51.5. The molecule has 3 aromatic carbocycles. The lowest BCUT2D eigenvalue weighted by Crippen LogP contribution is -2.54. The number of pyridine rings is 1. The second-order valence-corrected chi connectivity index (χ2v) is 16.3. The maximum Gasteiger partial charge on any atom is 0.419 e. The fourth-order valence-electron chi connectivity index (χ4n) is 8.07. The number of methoxy groups -OCH3 is 1. The van der Waals surface area contributed by atoms with Crippen LogP contribution >= 0.6 is 0 Å². The van der Waals surface area contributed by atoms with Crippen LogP contribution in [0.2, 0.25) is 0 Å². The van der Waals surface area contributed by atoms with Crippen LogP contribution in [-0.2, 0) is 34.8 Å². The number of amides is 6. The van der Waals surface area contributed by atoms with Crippen LogP contribution in [0.15, 0.2) is 72.9 Å². The van der Waals surface area contributed by atoms with Crippen molar-refractivity contribution in [2.45, 2.75) is 25.1 Å². The number of nitrogens with zero attached hydrogens (tertiary/aromatic N) is 4. The van der Waals surface area contributed by atoms with Crippen LogP contribution < -0.4 is 41.0 Å². The highest BCUT2D eigenvalue weighted by atomic mass is 19.4. The average Bonchev–Trinajstić information content (AvgIpc) is 3.61. The Morgan fingerprint density at radius 2 is 1.54 bits per heavy atom. The van der Waals surface area contributed by atoms with Gasteiger partial charge in [0.05, 0.1) is 86.1 Å². The predicted octanol–water partition coefficient (Wildman–Crippen LogP) is 3.72. The molecular weight excluding hydrogens is 936 g/mol. The van der Waals surface area contributed by atoms with Crippen LogP contribution in [0.5, 0.6) is 11.5 Å². The molecule has 23 heteroatoms. The van der Waals surface area contributed by atoms with Crippen molar-refractivity contribution in [2.75, 3.05) is 115 Å². The number of alkyl halides is 3. The van der Waals surface area contributed by atoms with Crippen LogP contribution in [-0.4, -0.2) is 156 Å². The molecule has 4 aromatic rings. The molecule has 0 bridgehead atoms. The molecule has 1 unspecified atom stereocenters. The Kier molecular flexibility index (Phi) is 17.4. The van der Waals surface area contributed by atoms with E-state index in [9.17, 15) is 41.9 Å². The highest BCUT2D eigenvalue weighted by Gasteiger charge is 2.46. The summed E-state index contributed by atoms with van der Waals surface area (Å²) >= 11 is 0. The van der Waals surface area contributed by atoms with Gasteiger partial charge in [0.2, 0.25) is 11.8 Å². The van der Waals surface area contributed by atoms with E-state index in [1.54, 1.807) is 18.2 Å². The van der Waals surface area contributed by atoms with Gasteiger partial charge in [-0.2, -0.15) is 13.2 Å². The van der Waals surface area contributed by atoms with Gasteiger partial charge >= 0.3 is 6.18 Å². The molecular formula is C48H54F3N9O11. The molecule has 5 N–H and O–H groups in total. The summed E-state index contributed by atoms with van der Waals surface area (Å²) in [6.45, 7) is 5.74. The molecule has 2 saturated heterocycles. The molecule has 1 atom stereocenters. The van der Waals surface area contributed by atoms with Gasteiger partial charge in [0.1, 0.15) is 23.4 Å². The summed E-state index contributed by atoms with van der Waals surface area (Å²) in [5.74, 6) is -2.91. The maximum absolute atomic E-state index is 14.0. The molecule has 3 aliphatic heterocycles. The number of aromatic nitrogens is 1. The fourth-order valence-corrected chi connectivity index (χ4v) is 8.07. The van der Waals surface area contributed by atoms with Gasteiger partial charge in [-0.25, -0.2) is 4.98 Å². The van der Waals surface area contributed by atoms with E-state index in [-0.39, 0.29) is 65.6 Å². The van der Waals surface area contributed by atoms with Gasteiger partial charge in [0.15, 0.2) is 6.61 Å². The molecule has 1 aromatic heterocycles. The van der Waals surface area contributed by atoms with E-state index in [1.165, 1.54) is 50.6 Å². The molecule has 20 nitrogen and oxygen atoms in total. The molecule has 4 heterocycles. The van der Waals surface area contributed by atoms with Gasteiger partial charge in [-0.15, -0.1) is 0 Å². The Morgan fingerprint density at radius 3 is 2.25 bits per heavy atom. The average molecular weight is 990 g/mol. The standard InChI is InChI=1S/C48H54F3N9O11/c1-52-44(63)31-6-3-4-8-34(31)55-36-27-40(54-28-33(36)48(49,50)51)56-35-11-10-30(26-39(35)67-2)59-17-15-58(16-18-59)19-21-69-23-25-70-24-22-68-20-14-53-42(62)29-71-38-9-5-7-32-43(38)47(66)60(46(32)65)37-12-13-41(61)57-45(37)64/h3-11,26-28,37H,12-25,29H2,1-2H3,(H,52,63)(H,53,62)(H2,54,55,56)(H,57,61,64). The summed E-state index contributed by atoms with van der Waals surface area (Å²) in [5.41, 5.74) is 0.512. The predicted molar refractivity (Wildman–Crippen MR) is 251 cm³/mol. The third kappa shape index (κ3) is 13.1. The Balaban J connectivity index is 0.745. The number of anilines is 5. The maximum atomic E-state index is 14.0. The zero-order valence-electron chi connectivity index (χ0n) is 39.0. The van der Waals surface area contributed by atoms with E-state index in [2.05, 4.69) is 41.4 Å². The van der Waals surface area contributed by atoms with Gasteiger partial charge in [-0.3, -0.25) is 43.9 Å². The zero-order chi connectivity index (χ0) is 50.5. The number of nitrogens with one attached hydrogen (secondary N) is 5. The topological polar surface area (TPSA) is 231 Å². The summed E-state index contributed by atoms with van der Waals surface area (Å²) in [6, 6.07) is 16.3. The van der Waals surface area contributed by atoms with E-state index >= 15 is 0 Å². The highest BCUT2D eigenvalue weighted by molar-refractivity contribution is 6.24. The Bertz CT molecular complexity index is 2590. The normalized spacial score (nSPS) is 16.1. The lowest BCUT2D eigenvalue weighted by molar-refractivity contribution is -0.137. The lowest BCUT2D eigenvalue weighted by Gasteiger charge is -2.36. The molecule has 3 aliphatic rings. The zero-order valence-corrected chi connectivity index (χ0v) is 39.0. The first-order valence-corrected chi connectivity index (χ1v) is 22.8. The van der Waals surface area contributed by atoms with E-state index in [1.807, 2.05) is 12.1 Å². The van der Waals surface area contributed by atoms with Gasteiger partial charge in [-0.05, 0) is 42.8 Å². The number of rotatable bonds is 23. The number of piperazine rings is 1. The minimum Gasteiger partial charge on any atom is -0.494 e. The number of carbonyl (C=O) groups is 6. The number of para-hydroxylation sites is 1. The molecule has 7 rings (SSSR count). The minimum absolute atomic E-state index is 0.00504. The summed E-state index contributed by atoms with van der Waals surface area (Å²) in [4.78, 5) is 84.3. The van der Waals surface area contributed by atoms with Crippen LogP contribution in [0.1, 0.15) is 49.5 Å². The van der Waals surface area contributed by atoms with E-state index in [0.29, 0.717) is 44.5 Å². The third-order valence-corrected chi connectivity index (χ3v) is 11.7. The van der Waals surface area contributed by atoms with Gasteiger partial charge in [-0.1, -0.05) is 18.2 Å². The summed E-state index contributed by atoms with van der Waals surface area (Å²) in [7, 11) is 2.95. The molecule has 0 radical (unpaired) electrons. The number of fused-ring (bicyclic) bond motifs is 1. The third-order valence-electron chi connectivity index (χ3n) is 11.7. The van der Waals surface area contributed by atoms with E-state index in [0.717, 1.165) is 49.5 Å². The molecule has 71 heavy (non-hydrogen) atoms.